The van der Waals surface area contributed by atoms with Gasteiger partial charge in [-0.05, 0) is 13.0 Å². The highest BCUT2D eigenvalue weighted by Gasteiger charge is 2.48. The predicted octanol–water partition coefficient (Wildman–Crippen LogP) is 0.947. The van der Waals surface area contributed by atoms with E-state index < -0.39 is 24.0 Å². The number of rotatable bonds is 1. The van der Waals surface area contributed by atoms with Gasteiger partial charge in [0.05, 0.1) is 18.9 Å². The molecule has 82 valence electrons. The number of nitrogens with one attached hydrogen (secondary N) is 1. The second kappa shape index (κ2) is 4.16. The van der Waals surface area contributed by atoms with Gasteiger partial charge < -0.3 is 10.1 Å². The topological polar surface area (TPSA) is 38.3 Å². The van der Waals surface area contributed by atoms with Crippen molar-refractivity contribution in [2.75, 3.05) is 20.2 Å². The number of hydrogen-bond donors (Lipinski definition) is 1. The van der Waals surface area contributed by atoms with Crippen molar-refractivity contribution in [3.05, 3.63) is 0 Å². The maximum atomic E-state index is 12.4. The number of methoxy groups -OCH3 is 1. The molecule has 0 aromatic carbocycles. The Labute approximate surface area is 79.6 Å². The van der Waals surface area contributed by atoms with Crippen molar-refractivity contribution in [3.63, 3.8) is 0 Å². The molecule has 1 N–H and O–H groups in total. The second-order valence-electron chi connectivity index (χ2n) is 3.27. The predicted molar refractivity (Wildman–Crippen MR) is 42.5 cm³/mol. The Hall–Kier alpha value is -0.780. The monoisotopic (exact) mass is 211 g/mol. The summed E-state index contributed by atoms with van der Waals surface area (Å²) in [5.41, 5.74) is 0. The molecule has 0 saturated carbocycles. The summed E-state index contributed by atoms with van der Waals surface area (Å²) < 4.78 is 41.7. The number of esters is 1. The maximum absolute atomic E-state index is 12.4. The minimum Gasteiger partial charge on any atom is -0.469 e. The Morgan fingerprint density at radius 3 is 2.64 bits per heavy atom. The van der Waals surface area contributed by atoms with Gasteiger partial charge in [0.25, 0.3) is 0 Å². The van der Waals surface area contributed by atoms with Crippen molar-refractivity contribution in [1.82, 2.24) is 5.32 Å². The number of piperidine rings is 1. The molecule has 0 bridgehead atoms. The summed E-state index contributed by atoms with van der Waals surface area (Å²) in [4.78, 5) is 11.1. The lowest BCUT2D eigenvalue weighted by Crippen LogP contribution is -2.47. The third-order valence-corrected chi connectivity index (χ3v) is 2.41. The van der Waals surface area contributed by atoms with E-state index in [9.17, 15) is 18.0 Å². The third-order valence-electron chi connectivity index (χ3n) is 2.41. The van der Waals surface area contributed by atoms with Crippen LogP contribution in [0.25, 0.3) is 0 Å². The minimum atomic E-state index is -4.34. The average Bonchev–Trinajstić information content (AvgIpc) is 2.15. The molecule has 1 fully saturated rings. The molecular weight excluding hydrogens is 199 g/mol. The van der Waals surface area contributed by atoms with Crippen molar-refractivity contribution in [2.45, 2.75) is 12.6 Å². The lowest BCUT2D eigenvalue weighted by Gasteiger charge is -2.31. The van der Waals surface area contributed by atoms with Gasteiger partial charge in [0, 0.05) is 6.54 Å². The van der Waals surface area contributed by atoms with Gasteiger partial charge in [-0.2, -0.15) is 13.2 Å². The van der Waals surface area contributed by atoms with Crippen molar-refractivity contribution < 1.29 is 22.7 Å². The van der Waals surface area contributed by atoms with E-state index in [1.54, 1.807) is 0 Å². The van der Waals surface area contributed by atoms with E-state index in [-0.39, 0.29) is 13.0 Å². The summed E-state index contributed by atoms with van der Waals surface area (Å²) in [6.07, 6.45) is -4.16. The SMILES string of the molecule is COC(=O)C1CCNCC1C(F)(F)F. The molecule has 0 amide bonds. The molecule has 1 aliphatic heterocycles. The van der Waals surface area contributed by atoms with Gasteiger partial charge in [-0.1, -0.05) is 0 Å². The van der Waals surface area contributed by atoms with Crippen LogP contribution in [0, 0.1) is 11.8 Å². The van der Waals surface area contributed by atoms with E-state index in [0.717, 1.165) is 7.11 Å². The Bertz CT molecular complexity index is 217. The molecule has 3 nitrogen and oxygen atoms in total. The van der Waals surface area contributed by atoms with Gasteiger partial charge in [-0.25, -0.2) is 0 Å². The normalized spacial score (nSPS) is 28.6. The first-order chi connectivity index (χ1) is 6.46. The van der Waals surface area contributed by atoms with E-state index in [0.29, 0.717) is 6.54 Å². The second-order valence-corrected chi connectivity index (χ2v) is 3.27. The smallest absolute Gasteiger partial charge is 0.393 e. The Kier molecular flexibility index (Phi) is 3.36. The highest BCUT2D eigenvalue weighted by molar-refractivity contribution is 5.72. The zero-order valence-corrected chi connectivity index (χ0v) is 7.73. The van der Waals surface area contributed by atoms with Crippen LogP contribution in [0.15, 0.2) is 0 Å². The molecule has 1 aliphatic rings. The Balaban J connectivity index is 2.74. The number of hydrogen-bond acceptors (Lipinski definition) is 3. The van der Waals surface area contributed by atoms with Crippen molar-refractivity contribution >= 4 is 5.97 Å². The summed E-state index contributed by atoms with van der Waals surface area (Å²) in [7, 11) is 1.11. The molecular formula is C8H12F3NO2. The molecule has 0 radical (unpaired) electrons. The fourth-order valence-electron chi connectivity index (χ4n) is 1.64. The van der Waals surface area contributed by atoms with Gasteiger partial charge in [0.2, 0.25) is 0 Å². The largest absolute Gasteiger partial charge is 0.469 e. The van der Waals surface area contributed by atoms with E-state index in [1.807, 2.05) is 0 Å². The van der Waals surface area contributed by atoms with Crippen LogP contribution in [0.5, 0.6) is 0 Å². The van der Waals surface area contributed by atoms with Crippen LogP contribution in [0.4, 0.5) is 13.2 Å². The summed E-state index contributed by atoms with van der Waals surface area (Å²) in [6, 6.07) is 0. The summed E-state index contributed by atoms with van der Waals surface area (Å²) in [6.45, 7) is 0.218. The van der Waals surface area contributed by atoms with Crippen LogP contribution in [0.2, 0.25) is 0 Å². The number of halogens is 3. The molecule has 0 aliphatic carbocycles. The van der Waals surface area contributed by atoms with Gasteiger partial charge in [0.1, 0.15) is 0 Å². The first-order valence-corrected chi connectivity index (χ1v) is 4.32. The van der Waals surface area contributed by atoms with Gasteiger partial charge in [0.15, 0.2) is 0 Å². The molecule has 6 heteroatoms. The molecule has 1 heterocycles. The fraction of sp³-hybridized carbons (Fsp3) is 0.875. The van der Waals surface area contributed by atoms with Crippen LogP contribution in [-0.2, 0) is 9.53 Å². The van der Waals surface area contributed by atoms with Gasteiger partial charge in [-0.15, -0.1) is 0 Å². The number of carbonyl (C=O) groups excluding carboxylic acids is 1. The molecule has 2 unspecified atom stereocenters. The number of carbonyl (C=O) groups is 1. The third kappa shape index (κ3) is 2.37. The lowest BCUT2D eigenvalue weighted by molar-refractivity contribution is -0.200. The van der Waals surface area contributed by atoms with Crippen LogP contribution in [-0.4, -0.2) is 32.3 Å². The standard InChI is InChI=1S/C8H12F3NO2/c1-14-7(13)5-2-3-12-4-6(5)8(9,10)11/h5-6,12H,2-4H2,1H3. The molecule has 0 aromatic rings. The van der Waals surface area contributed by atoms with Crippen LogP contribution in [0.3, 0.4) is 0 Å². The van der Waals surface area contributed by atoms with Crippen molar-refractivity contribution in [3.8, 4) is 0 Å². The average molecular weight is 211 g/mol. The first kappa shape index (κ1) is 11.3. The van der Waals surface area contributed by atoms with Crippen molar-refractivity contribution in [1.29, 1.82) is 0 Å². The highest BCUT2D eigenvalue weighted by Crippen LogP contribution is 2.35. The molecule has 1 saturated heterocycles. The van der Waals surface area contributed by atoms with Crippen LogP contribution in [0.1, 0.15) is 6.42 Å². The Morgan fingerprint density at radius 2 is 2.14 bits per heavy atom. The summed E-state index contributed by atoms with van der Waals surface area (Å²) in [5, 5.41) is 2.62. The maximum Gasteiger partial charge on any atom is 0.393 e. The van der Waals surface area contributed by atoms with E-state index >= 15 is 0 Å². The minimum absolute atomic E-state index is 0.177. The quantitative estimate of drug-likeness (QED) is 0.656. The number of ether oxygens (including phenoxy) is 1. The molecule has 1 rings (SSSR count). The lowest BCUT2D eigenvalue weighted by atomic mass is 9.86. The van der Waals surface area contributed by atoms with E-state index in [4.69, 9.17) is 0 Å². The molecule has 0 aromatic heterocycles. The zero-order valence-electron chi connectivity index (χ0n) is 7.73. The Morgan fingerprint density at radius 1 is 1.50 bits per heavy atom. The van der Waals surface area contributed by atoms with Crippen LogP contribution < -0.4 is 5.32 Å². The van der Waals surface area contributed by atoms with Gasteiger partial charge >= 0.3 is 12.1 Å². The summed E-state index contributed by atoms with van der Waals surface area (Å²) in [5.74, 6) is -3.45. The zero-order chi connectivity index (χ0) is 10.8. The summed E-state index contributed by atoms with van der Waals surface area (Å²) >= 11 is 0. The van der Waals surface area contributed by atoms with E-state index in [2.05, 4.69) is 10.1 Å². The van der Waals surface area contributed by atoms with E-state index in [1.165, 1.54) is 0 Å². The molecule has 14 heavy (non-hydrogen) atoms. The van der Waals surface area contributed by atoms with Crippen molar-refractivity contribution in [2.24, 2.45) is 11.8 Å². The fourth-order valence-corrected chi connectivity index (χ4v) is 1.64. The van der Waals surface area contributed by atoms with Gasteiger partial charge in [-0.3, -0.25) is 4.79 Å². The number of alkyl halides is 3. The first-order valence-electron chi connectivity index (χ1n) is 4.32. The molecule has 2 atom stereocenters. The van der Waals surface area contributed by atoms with Crippen LogP contribution >= 0.6 is 0 Å². The molecule has 0 spiro atoms. The highest BCUT2D eigenvalue weighted by atomic mass is 19.4.